The summed E-state index contributed by atoms with van der Waals surface area (Å²) < 4.78 is 0. The van der Waals surface area contributed by atoms with E-state index in [4.69, 9.17) is 0 Å². The van der Waals surface area contributed by atoms with Crippen LogP contribution < -0.4 is 0 Å². The van der Waals surface area contributed by atoms with Gasteiger partial charge >= 0.3 is 5.97 Å². The van der Waals surface area contributed by atoms with Gasteiger partial charge in [0, 0.05) is 0 Å². The van der Waals surface area contributed by atoms with Gasteiger partial charge in [-0.25, -0.2) is 0 Å². The number of likely N-dealkylation sites (tertiary alicyclic amines) is 1. The molecule has 2 atom stereocenters. The average Bonchev–Trinajstić information content (AvgIpc) is 2.43. The van der Waals surface area contributed by atoms with E-state index in [1.54, 1.807) is 0 Å². The molecule has 0 aromatic heterocycles. The minimum Gasteiger partial charge on any atom is -0.480 e. The molecule has 1 fully saturated rings. The topological polar surface area (TPSA) is 40.5 Å². The molecule has 1 aliphatic rings. The van der Waals surface area contributed by atoms with E-state index in [1.165, 1.54) is 6.42 Å². The number of aliphatic carboxylic acids is 1. The van der Waals surface area contributed by atoms with Crippen LogP contribution in [0.4, 0.5) is 0 Å². The molecule has 0 radical (unpaired) electrons. The van der Waals surface area contributed by atoms with Gasteiger partial charge in [-0.2, -0.15) is 0 Å². The van der Waals surface area contributed by atoms with Gasteiger partial charge in [-0.1, -0.05) is 27.7 Å². The molecular formula is C14H27NO2. The molecule has 1 rings (SSSR count). The quantitative estimate of drug-likeness (QED) is 0.825. The lowest BCUT2D eigenvalue weighted by atomic mass is 9.77. The first-order chi connectivity index (χ1) is 7.86. The van der Waals surface area contributed by atoms with Crippen molar-refractivity contribution >= 4 is 5.97 Å². The van der Waals surface area contributed by atoms with Gasteiger partial charge in [0.1, 0.15) is 6.04 Å². The lowest BCUT2D eigenvalue weighted by Gasteiger charge is -2.30. The lowest BCUT2D eigenvalue weighted by Crippen LogP contribution is -2.41. The summed E-state index contributed by atoms with van der Waals surface area (Å²) in [5.74, 6) is 0.0560. The van der Waals surface area contributed by atoms with Crippen LogP contribution in [0.2, 0.25) is 0 Å². The molecule has 0 saturated carbocycles. The van der Waals surface area contributed by atoms with E-state index in [1.807, 2.05) is 6.92 Å². The predicted molar refractivity (Wildman–Crippen MR) is 70.1 cm³/mol. The summed E-state index contributed by atoms with van der Waals surface area (Å²) in [4.78, 5) is 13.3. The summed E-state index contributed by atoms with van der Waals surface area (Å²) in [7, 11) is 0. The van der Waals surface area contributed by atoms with E-state index < -0.39 is 5.97 Å². The molecule has 3 nitrogen and oxygen atoms in total. The van der Waals surface area contributed by atoms with Crippen molar-refractivity contribution in [2.75, 3.05) is 13.1 Å². The second-order valence-corrected chi connectivity index (χ2v) is 6.29. The Labute approximate surface area is 105 Å². The smallest absolute Gasteiger partial charge is 0.320 e. The molecular weight excluding hydrogens is 214 g/mol. The van der Waals surface area contributed by atoms with Crippen LogP contribution in [0.1, 0.15) is 53.4 Å². The fourth-order valence-corrected chi connectivity index (χ4v) is 2.89. The number of nitrogens with zero attached hydrogens (tertiary/aromatic N) is 1. The third-order valence-electron chi connectivity index (χ3n) is 4.10. The van der Waals surface area contributed by atoms with E-state index in [2.05, 4.69) is 25.7 Å². The Morgan fingerprint density at radius 3 is 2.47 bits per heavy atom. The lowest BCUT2D eigenvalue weighted by molar-refractivity contribution is -0.143. The van der Waals surface area contributed by atoms with Crippen molar-refractivity contribution < 1.29 is 9.90 Å². The van der Waals surface area contributed by atoms with Gasteiger partial charge in [0.15, 0.2) is 0 Å². The van der Waals surface area contributed by atoms with E-state index in [-0.39, 0.29) is 6.04 Å². The zero-order valence-electron chi connectivity index (χ0n) is 11.7. The van der Waals surface area contributed by atoms with Gasteiger partial charge in [0.25, 0.3) is 0 Å². The van der Waals surface area contributed by atoms with Crippen LogP contribution in [-0.4, -0.2) is 35.1 Å². The van der Waals surface area contributed by atoms with Crippen molar-refractivity contribution in [3.05, 3.63) is 0 Å². The standard InChI is InChI=1S/C14H27NO2/c1-5-12(13(16)17)15-9-6-7-11(8-10-15)14(2,3)4/h11-12H,5-10H2,1-4H3,(H,16,17). The maximum atomic E-state index is 11.2. The summed E-state index contributed by atoms with van der Waals surface area (Å²) in [6.07, 6.45) is 4.20. The van der Waals surface area contributed by atoms with Crippen LogP contribution in [0.5, 0.6) is 0 Å². The zero-order chi connectivity index (χ0) is 13.1. The van der Waals surface area contributed by atoms with Crippen LogP contribution in [0, 0.1) is 11.3 Å². The van der Waals surface area contributed by atoms with E-state index >= 15 is 0 Å². The van der Waals surface area contributed by atoms with Crippen molar-refractivity contribution in [2.45, 2.75) is 59.4 Å². The summed E-state index contributed by atoms with van der Waals surface area (Å²) in [5.41, 5.74) is 0.348. The SMILES string of the molecule is CCC(C(=O)O)N1CCCC(C(C)(C)C)CC1. The summed E-state index contributed by atoms with van der Waals surface area (Å²) >= 11 is 0. The fourth-order valence-electron chi connectivity index (χ4n) is 2.89. The van der Waals surface area contributed by atoms with Crippen molar-refractivity contribution in [1.82, 2.24) is 4.90 Å². The number of carbonyl (C=O) groups is 1. The molecule has 0 aromatic rings. The highest BCUT2D eigenvalue weighted by molar-refractivity contribution is 5.73. The largest absolute Gasteiger partial charge is 0.480 e. The molecule has 0 aliphatic carbocycles. The monoisotopic (exact) mass is 241 g/mol. The Morgan fingerprint density at radius 2 is 2.00 bits per heavy atom. The molecule has 3 heteroatoms. The molecule has 0 aromatic carbocycles. The number of rotatable bonds is 3. The van der Waals surface area contributed by atoms with Crippen molar-refractivity contribution in [3.63, 3.8) is 0 Å². The third-order valence-corrected chi connectivity index (χ3v) is 4.10. The molecule has 2 unspecified atom stereocenters. The Balaban J connectivity index is 2.61. The van der Waals surface area contributed by atoms with Gasteiger partial charge < -0.3 is 5.11 Å². The summed E-state index contributed by atoms with van der Waals surface area (Å²) in [6, 6.07) is -0.284. The Morgan fingerprint density at radius 1 is 1.35 bits per heavy atom. The maximum absolute atomic E-state index is 11.2. The first-order valence-corrected chi connectivity index (χ1v) is 6.83. The summed E-state index contributed by atoms with van der Waals surface area (Å²) in [6.45, 7) is 10.7. The van der Waals surface area contributed by atoms with Gasteiger partial charge in [-0.15, -0.1) is 0 Å². The van der Waals surface area contributed by atoms with Crippen LogP contribution >= 0.6 is 0 Å². The third kappa shape index (κ3) is 3.98. The number of carboxylic acids is 1. The van der Waals surface area contributed by atoms with Crippen LogP contribution in [0.25, 0.3) is 0 Å². The highest BCUT2D eigenvalue weighted by Crippen LogP contribution is 2.34. The molecule has 1 saturated heterocycles. The fraction of sp³-hybridized carbons (Fsp3) is 0.929. The van der Waals surface area contributed by atoms with Crippen molar-refractivity contribution in [2.24, 2.45) is 11.3 Å². The highest BCUT2D eigenvalue weighted by Gasteiger charge is 2.30. The maximum Gasteiger partial charge on any atom is 0.320 e. The van der Waals surface area contributed by atoms with Gasteiger partial charge in [-0.3, -0.25) is 9.69 Å². The van der Waals surface area contributed by atoms with E-state index in [0.29, 0.717) is 11.8 Å². The number of carboxylic acid groups (broad SMARTS) is 1. The van der Waals surface area contributed by atoms with Crippen LogP contribution in [-0.2, 0) is 4.79 Å². The molecule has 0 spiro atoms. The summed E-state index contributed by atoms with van der Waals surface area (Å²) in [5, 5.41) is 9.20. The molecule has 100 valence electrons. The highest BCUT2D eigenvalue weighted by atomic mass is 16.4. The number of hydrogen-bond acceptors (Lipinski definition) is 2. The zero-order valence-corrected chi connectivity index (χ0v) is 11.7. The molecule has 1 aliphatic heterocycles. The average molecular weight is 241 g/mol. The molecule has 0 bridgehead atoms. The van der Waals surface area contributed by atoms with E-state index in [9.17, 15) is 9.90 Å². The van der Waals surface area contributed by atoms with Gasteiger partial charge in [0.05, 0.1) is 0 Å². The van der Waals surface area contributed by atoms with Crippen LogP contribution in [0.3, 0.4) is 0 Å². The van der Waals surface area contributed by atoms with Crippen molar-refractivity contribution in [3.8, 4) is 0 Å². The van der Waals surface area contributed by atoms with Crippen molar-refractivity contribution in [1.29, 1.82) is 0 Å². The molecule has 1 N–H and O–H groups in total. The Hall–Kier alpha value is -0.570. The first-order valence-electron chi connectivity index (χ1n) is 6.83. The van der Waals surface area contributed by atoms with E-state index in [0.717, 1.165) is 31.8 Å². The first kappa shape index (κ1) is 14.5. The molecule has 17 heavy (non-hydrogen) atoms. The second kappa shape index (κ2) is 5.85. The Kier molecular flexibility index (Phi) is 4.99. The molecule has 0 amide bonds. The minimum absolute atomic E-state index is 0.284. The van der Waals surface area contributed by atoms with Gasteiger partial charge in [-0.05, 0) is 50.1 Å². The van der Waals surface area contributed by atoms with Crippen LogP contribution in [0.15, 0.2) is 0 Å². The normalized spacial score (nSPS) is 25.3. The van der Waals surface area contributed by atoms with Gasteiger partial charge in [0.2, 0.25) is 0 Å². The Bertz CT molecular complexity index is 257. The second-order valence-electron chi connectivity index (χ2n) is 6.29. The predicted octanol–water partition coefficient (Wildman–Crippen LogP) is 3.00. The number of hydrogen-bond donors (Lipinski definition) is 1. The minimum atomic E-state index is -0.665. The molecule has 1 heterocycles.